The number of nitrogens with one attached hydrogen (secondary N) is 1. The monoisotopic (exact) mass is 350 g/mol. The van der Waals surface area contributed by atoms with Crippen LogP contribution in [0.3, 0.4) is 0 Å². The van der Waals surface area contributed by atoms with Crippen LogP contribution in [-0.4, -0.2) is 11.2 Å². The number of aryl methyl sites for hydroxylation is 2. The molecule has 4 nitrogen and oxygen atoms in total. The number of benzene rings is 1. The van der Waals surface area contributed by atoms with Crippen LogP contribution in [0, 0.1) is 13.8 Å². The van der Waals surface area contributed by atoms with Crippen LogP contribution >= 0.6 is 15.9 Å². The molecule has 0 unspecified atom stereocenters. The number of ether oxygens (including phenoxy) is 1. The molecule has 1 N–H and O–H groups in total. The van der Waals surface area contributed by atoms with Gasteiger partial charge in [0.1, 0.15) is 12.4 Å². The maximum absolute atomic E-state index is 5.98. The van der Waals surface area contributed by atoms with Crippen molar-refractivity contribution in [2.45, 2.75) is 45.9 Å². The van der Waals surface area contributed by atoms with Crippen molar-refractivity contribution in [2.75, 3.05) is 0 Å². The zero-order valence-electron chi connectivity index (χ0n) is 12.3. The van der Waals surface area contributed by atoms with E-state index in [1.165, 1.54) is 18.4 Å². The van der Waals surface area contributed by atoms with E-state index in [1.54, 1.807) is 0 Å². The number of halogens is 1. The van der Waals surface area contributed by atoms with Gasteiger partial charge in [-0.3, -0.25) is 0 Å². The minimum Gasteiger partial charge on any atom is -0.485 e. The van der Waals surface area contributed by atoms with E-state index in [9.17, 15) is 0 Å². The summed E-state index contributed by atoms with van der Waals surface area (Å²) in [6, 6.07) is 6.76. The molecule has 0 spiro atoms. The summed E-state index contributed by atoms with van der Waals surface area (Å²) >= 11 is 3.56. The first-order valence-corrected chi connectivity index (χ1v) is 7.98. The van der Waals surface area contributed by atoms with Crippen molar-refractivity contribution < 1.29 is 9.26 Å². The van der Waals surface area contributed by atoms with Crippen molar-refractivity contribution in [2.24, 2.45) is 0 Å². The molecule has 3 rings (SSSR count). The summed E-state index contributed by atoms with van der Waals surface area (Å²) in [5.41, 5.74) is 3.16. The molecule has 1 heterocycles. The van der Waals surface area contributed by atoms with Gasteiger partial charge >= 0.3 is 0 Å². The molecule has 1 saturated carbocycles. The summed E-state index contributed by atoms with van der Waals surface area (Å²) in [7, 11) is 0. The molecule has 1 aliphatic rings. The van der Waals surface area contributed by atoms with Crippen molar-refractivity contribution >= 4 is 15.9 Å². The predicted molar refractivity (Wildman–Crippen MR) is 84.3 cm³/mol. The number of nitrogens with zero attached hydrogens (tertiary/aromatic N) is 1. The number of hydrogen-bond acceptors (Lipinski definition) is 4. The molecule has 112 valence electrons. The summed E-state index contributed by atoms with van der Waals surface area (Å²) in [6.45, 7) is 5.20. The molecule has 1 aliphatic carbocycles. The molecule has 1 aromatic carbocycles. The molecule has 5 heteroatoms. The van der Waals surface area contributed by atoms with Gasteiger partial charge in [0.2, 0.25) is 0 Å². The molecule has 0 bridgehead atoms. The third-order valence-corrected chi connectivity index (χ3v) is 3.97. The first-order chi connectivity index (χ1) is 10.1. The Balaban J connectivity index is 1.74. The molecule has 0 atom stereocenters. The molecule has 2 aromatic rings. The van der Waals surface area contributed by atoms with Crippen LogP contribution < -0.4 is 10.1 Å². The van der Waals surface area contributed by atoms with Crippen LogP contribution in [-0.2, 0) is 13.2 Å². The Morgan fingerprint density at radius 1 is 1.33 bits per heavy atom. The van der Waals surface area contributed by atoms with E-state index < -0.39 is 0 Å². The highest BCUT2D eigenvalue weighted by atomic mass is 79.9. The molecule has 21 heavy (non-hydrogen) atoms. The van der Waals surface area contributed by atoms with Gasteiger partial charge in [-0.25, -0.2) is 0 Å². The van der Waals surface area contributed by atoms with E-state index in [-0.39, 0.29) is 0 Å². The van der Waals surface area contributed by atoms with E-state index in [4.69, 9.17) is 9.26 Å². The maximum atomic E-state index is 5.98. The Morgan fingerprint density at radius 3 is 2.81 bits per heavy atom. The third kappa shape index (κ3) is 3.86. The Morgan fingerprint density at radius 2 is 2.14 bits per heavy atom. The highest BCUT2D eigenvalue weighted by Gasteiger charge is 2.21. The quantitative estimate of drug-likeness (QED) is 0.858. The second-order valence-corrected chi connectivity index (χ2v) is 6.51. The normalized spacial score (nSPS) is 14.4. The van der Waals surface area contributed by atoms with Crippen molar-refractivity contribution in [1.82, 2.24) is 10.5 Å². The highest BCUT2D eigenvalue weighted by molar-refractivity contribution is 9.10. The fraction of sp³-hybridized carbons (Fsp3) is 0.438. The minimum atomic E-state index is 0.403. The lowest BCUT2D eigenvalue weighted by atomic mass is 10.1. The van der Waals surface area contributed by atoms with Crippen molar-refractivity contribution in [1.29, 1.82) is 0 Å². The first-order valence-electron chi connectivity index (χ1n) is 7.19. The summed E-state index contributed by atoms with van der Waals surface area (Å²) in [5.74, 6) is 1.68. The standard InChI is InChI=1S/C16H19BrN2O2/c1-10-5-13(17)7-12(8-18-14-3-4-14)16(10)20-9-15-6-11(2)19-21-15/h5-7,14,18H,3-4,8-9H2,1-2H3. The van der Waals surface area contributed by atoms with E-state index in [2.05, 4.69) is 45.5 Å². The van der Waals surface area contributed by atoms with Gasteiger partial charge in [-0.05, 0) is 44.4 Å². The second-order valence-electron chi connectivity index (χ2n) is 5.59. The van der Waals surface area contributed by atoms with Gasteiger partial charge in [-0.1, -0.05) is 21.1 Å². The van der Waals surface area contributed by atoms with Crippen molar-refractivity contribution in [3.63, 3.8) is 0 Å². The Labute approximate surface area is 133 Å². The van der Waals surface area contributed by atoms with E-state index in [0.29, 0.717) is 12.6 Å². The molecule has 0 saturated heterocycles. The van der Waals surface area contributed by atoms with E-state index >= 15 is 0 Å². The van der Waals surface area contributed by atoms with Gasteiger partial charge in [0.15, 0.2) is 5.76 Å². The zero-order valence-corrected chi connectivity index (χ0v) is 13.9. The van der Waals surface area contributed by atoms with Crippen molar-refractivity contribution in [3.05, 3.63) is 45.3 Å². The fourth-order valence-corrected chi connectivity index (χ4v) is 2.93. The molecule has 1 fully saturated rings. The Bertz CT molecular complexity index is 635. The van der Waals surface area contributed by atoms with Crippen LogP contribution in [0.15, 0.2) is 27.2 Å². The topological polar surface area (TPSA) is 47.3 Å². The largest absolute Gasteiger partial charge is 0.485 e. The van der Waals surface area contributed by atoms with E-state index in [0.717, 1.165) is 33.8 Å². The Kier molecular flexibility index (Phi) is 4.31. The molecule has 0 radical (unpaired) electrons. The lowest BCUT2D eigenvalue weighted by Crippen LogP contribution is -2.16. The summed E-state index contributed by atoms with van der Waals surface area (Å²) in [4.78, 5) is 0. The van der Waals surface area contributed by atoms with Gasteiger partial charge in [-0.15, -0.1) is 0 Å². The summed E-state index contributed by atoms with van der Waals surface area (Å²) in [5, 5.41) is 7.41. The van der Waals surface area contributed by atoms with Crippen LogP contribution in [0.5, 0.6) is 5.75 Å². The fourth-order valence-electron chi connectivity index (χ4n) is 2.31. The first kappa shape index (κ1) is 14.6. The maximum Gasteiger partial charge on any atom is 0.174 e. The lowest BCUT2D eigenvalue weighted by molar-refractivity contribution is 0.245. The smallest absolute Gasteiger partial charge is 0.174 e. The van der Waals surface area contributed by atoms with Gasteiger partial charge < -0.3 is 14.6 Å². The van der Waals surface area contributed by atoms with Gasteiger partial charge in [0.05, 0.1) is 5.69 Å². The summed E-state index contributed by atoms with van der Waals surface area (Å²) in [6.07, 6.45) is 2.56. The number of rotatable bonds is 6. The van der Waals surface area contributed by atoms with Crippen LogP contribution in [0.2, 0.25) is 0 Å². The van der Waals surface area contributed by atoms with Gasteiger partial charge in [-0.2, -0.15) is 0 Å². The highest BCUT2D eigenvalue weighted by Crippen LogP contribution is 2.30. The molecule has 0 aliphatic heterocycles. The SMILES string of the molecule is Cc1cc(COc2c(C)cc(Br)cc2CNC2CC2)on1. The van der Waals surface area contributed by atoms with Crippen LogP contribution in [0.25, 0.3) is 0 Å². The number of aromatic nitrogens is 1. The number of hydrogen-bond donors (Lipinski definition) is 1. The average molecular weight is 351 g/mol. The van der Waals surface area contributed by atoms with Gasteiger partial charge in [0.25, 0.3) is 0 Å². The zero-order chi connectivity index (χ0) is 14.8. The molecule has 1 aromatic heterocycles. The third-order valence-electron chi connectivity index (χ3n) is 3.51. The second kappa shape index (κ2) is 6.20. The van der Waals surface area contributed by atoms with E-state index in [1.807, 2.05) is 13.0 Å². The van der Waals surface area contributed by atoms with Crippen LogP contribution in [0.4, 0.5) is 0 Å². The Hall–Kier alpha value is -1.33. The molecule has 0 amide bonds. The molecular weight excluding hydrogens is 332 g/mol. The van der Waals surface area contributed by atoms with Gasteiger partial charge in [0, 0.05) is 28.7 Å². The lowest BCUT2D eigenvalue weighted by Gasteiger charge is -2.14. The van der Waals surface area contributed by atoms with Crippen LogP contribution in [0.1, 0.15) is 35.4 Å². The minimum absolute atomic E-state index is 0.403. The summed E-state index contributed by atoms with van der Waals surface area (Å²) < 4.78 is 12.3. The van der Waals surface area contributed by atoms with Crippen molar-refractivity contribution in [3.8, 4) is 5.75 Å². The molecular formula is C16H19BrN2O2. The predicted octanol–water partition coefficient (Wildman–Crippen LogP) is 3.88. The average Bonchev–Trinajstić information content (AvgIpc) is 3.17.